The Balaban J connectivity index is 1.06. The molecule has 1 unspecified atom stereocenters. The number of para-hydroxylation sites is 2. The molecule has 1 aliphatic rings. The molecule has 0 amide bonds. The van der Waals surface area contributed by atoms with Crippen molar-refractivity contribution in [1.29, 1.82) is 5.26 Å². The lowest BCUT2D eigenvalue weighted by Gasteiger charge is -2.25. The van der Waals surface area contributed by atoms with Crippen LogP contribution in [-0.2, 0) is 0 Å². The highest BCUT2D eigenvalue weighted by molar-refractivity contribution is 6.11. The van der Waals surface area contributed by atoms with Gasteiger partial charge < -0.3 is 4.57 Å². The van der Waals surface area contributed by atoms with Crippen molar-refractivity contribution in [3.05, 3.63) is 223 Å². The maximum atomic E-state index is 9.82. The Bertz CT molecular complexity index is 3700. The summed E-state index contributed by atoms with van der Waals surface area (Å²) in [5.41, 5.74) is 18.1. The predicted molar refractivity (Wildman–Crippen MR) is 265 cm³/mol. The van der Waals surface area contributed by atoms with E-state index in [2.05, 4.69) is 174 Å². The molecule has 0 spiro atoms. The van der Waals surface area contributed by atoms with Crippen LogP contribution in [0.2, 0.25) is 0 Å². The van der Waals surface area contributed by atoms with Crippen molar-refractivity contribution in [1.82, 2.24) is 24.1 Å². The molecule has 65 heavy (non-hydrogen) atoms. The van der Waals surface area contributed by atoms with Crippen molar-refractivity contribution < 1.29 is 0 Å². The number of allylic oxidation sites excluding steroid dienone is 1. The average Bonchev–Trinajstić information content (AvgIpc) is 3.89. The van der Waals surface area contributed by atoms with E-state index >= 15 is 0 Å². The van der Waals surface area contributed by atoms with Crippen molar-refractivity contribution >= 4 is 44.4 Å². The highest BCUT2D eigenvalue weighted by Gasteiger charge is 2.29. The maximum Gasteiger partial charge on any atom is 0.138 e. The summed E-state index contributed by atoms with van der Waals surface area (Å²) in [4.78, 5) is 15.1. The van der Waals surface area contributed by atoms with Crippen LogP contribution in [0, 0.1) is 11.3 Å². The first-order valence-corrected chi connectivity index (χ1v) is 22.0. The quantitative estimate of drug-likeness (QED) is 0.160. The molecule has 11 aromatic rings. The molecule has 1 atom stereocenters. The van der Waals surface area contributed by atoms with Gasteiger partial charge in [0.1, 0.15) is 5.82 Å². The SMILES string of the molecule is CC1CC(c2cccnc2-c2ccccc2)=Cc2c1n(-c1cnc(-n3c4ccccc4c4cc(-c5cccnc5-c5ccccc5)ccc43)cc1-c1ccc(C#N)cc1)c1ccccc21. The van der Waals surface area contributed by atoms with Gasteiger partial charge in [-0.25, -0.2) is 4.98 Å². The van der Waals surface area contributed by atoms with E-state index in [4.69, 9.17) is 15.0 Å². The third-order valence-electron chi connectivity index (χ3n) is 13.0. The standard InChI is InChI=1S/C59H40N6/c1-38-32-44(46-21-13-31-62-58(46)42-16-6-3-7-17-42)34-51-48-19-9-11-23-53(48)65(59(38)51)55-37-63-56(35-49(55)40-26-24-39(36-60)25-27-40)64-52-22-10-8-18-47(52)50-33-43(28-29-54(50)64)45-20-12-30-61-57(45)41-14-4-2-5-15-41/h2-31,33-35,37-38H,32H2,1H3. The molecule has 6 aromatic carbocycles. The zero-order valence-electron chi connectivity index (χ0n) is 35.6. The van der Waals surface area contributed by atoms with Crippen LogP contribution >= 0.6 is 0 Å². The van der Waals surface area contributed by atoms with Gasteiger partial charge in [0.25, 0.3) is 0 Å². The predicted octanol–water partition coefficient (Wildman–Crippen LogP) is 14.5. The number of pyridine rings is 3. The van der Waals surface area contributed by atoms with Gasteiger partial charge in [0.15, 0.2) is 0 Å². The minimum Gasteiger partial charge on any atom is -0.311 e. The van der Waals surface area contributed by atoms with Crippen molar-refractivity contribution in [2.75, 3.05) is 0 Å². The summed E-state index contributed by atoms with van der Waals surface area (Å²) >= 11 is 0. The first-order valence-electron chi connectivity index (χ1n) is 22.0. The molecular formula is C59H40N6. The zero-order chi connectivity index (χ0) is 43.4. The van der Waals surface area contributed by atoms with Gasteiger partial charge in [-0.1, -0.05) is 134 Å². The van der Waals surface area contributed by atoms with Gasteiger partial charge in [-0.2, -0.15) is 5.26 Å². The molecule has 5 aromatic heterocycles. The minimum atomic E-state index is 0.170. The van der Waals surface area contributed by atoms with Crippen LogP contribution in [-0.4, -0.2) is 24.1 Å². The maximum absolute atomic E-state index is 9.82. The summed E-state index contributed by atoms with van der Waals surface area (Å²) in [7, 11) is 0. The Labute approximate surface area is 376 Å². The van der Waals surface area contributed by atoms with E-state index in [-0.39, 0.29) is 5.92 Å². The summed E-state index contributed by atoms with van der Waals surface area (Å²) in [6.07, 6.45) is 9.04. The van der Waals surface area contributed by atoms with Crippen molar-refractivity contribution in [3.8, 4) is 62.3 Å². The molecule has 0 saturated carbocycles. The molecule has 12 rings (SSSR count). The fraction of sp³-hybridized carbons (Fsp3) is 0.0508. The molecule has 6 nitrogen and oxygen atoms in total. The van der Waals surface area contributed by atoms with Crippen LogP contribution in [0.1, 0.15) is 41.6 Å². The highest BCUT2D eigenvalue weighted by Crippen LogP contribution is 2.47. The molecule has 0 bridgehead atoms. The lowest BCUT2D eigenvalue weighted by Crippen LogP contribution is -2.11. The smallest absolute Gasteiger partial charge is 0.138 e. The van der Waals surface area contributed by atoms with E-state index in [9.17, 15) is 5.26 Å². The van der Waals surface area contributed by atoms with Crippen LogP contribution in [0.3, 0.4) is 0 Å². The lowest BCUT2D eigenvalue weighted by molar-refractivity contribution is 0.732. The van der Waals surface area contributed by atoms with E-state index in [0.29, 0.717) is 5.56 Å². The van der Waals surface area contributed by atoms with Crippen LogP contribution in [0.25, 0.3) is 101 Å². The average molecular weight is 833 g/mol. The van der Waals surface area contributed by atoms with Gasteiger partial charge >= 0.3 is 0 Å². The number of hydrogen-bond donors (Lipinski definition) is 0. The molecule has 0 radical (unpaired) electrons. The lowest BCUT2D eigenvalue weighted by atomic mass is 9.83. The molecule has 0 N–H and O–H groups in total. The van der Waals surface area contributed by atoms with E-state index < -0.39 is 0 Å². The Morgan fingerprint density at radius 3 is 1.82 bits per heavy atom. The molecule has 306 valence electrons. The highest BCUT2D eigenvalue weighted by atomic mass is 15.1. The van der Waals surface area contributed by atoms with Crippen molar-refractivity contribution in [3.63, 3.8) is 0 Å². The summed E-state index contributed by atoms with van der Waals surface area (Å²) in [6.45, 7) is 2.34. The van der Waals surface area contributed by atoms with Gasteiger partial charge in [-0.15, -0.1) is 0 Å². The second-order valence-electron chi connectivity index (χ2n) is 16.8. The normalized spacial score (nSPS) is 13.5. The Kier molecular flexibility index (Phi) is 9.13. The molecule has 6 heteroatoms. The van der Waals surface area contributed by atoms with Gasteiger partial charge in [-0.05, 0) is 83.8 Å². The van der Waals surface area contributed by atoms with Crippen LogP contribution in [0.15, 0.2) is 201 Å². The first kappa shape index (κ1) is 38.0. The summed E-state index contributed by atoms with van der Waals surface area (Å²) < 4.78 is 4.72. The second-order valence-corrected chi connectivity index (χ2v) is 16.8. The number of benzene rings is 6. The summed E-state index contributed by atoms with van der Waals surface area (Å²) in [6, 6.07) is 65.7. The molecule has 1 aliphatic carbocycles. The first-order chi connectivity index (χ1) is 32.1. The monoisotopic (exact) mass is 832 g/mol. The van der Waals surface area contributed by atoms with Gasteiger partial charge in [0.05, 0.1) is 51.5 Å². The third-order valence-corrected chi connectivity index (χ3v) is 13.0. The molecule has 0 fully saturated rings. The van der Waals surface area contributed by atoms with Crippen molar-refractivity contribution in [2.24, 2.45) is 0 Å². The van der Waals surface area contributed by atoms with Crippen LogP contribution < -0.4 is 0 Å². The van der Waals surface area contributed by atoms with Crippen LogP contribution in [0.4, 0.5) is 0 Å². The second kappa shape index (κ2) is 15.6. The third kappa shape index (κ3) is 6.36. The fourth-order valence-electron chi connectivity index (χ4n) is 10.1. The fourth-order valence-corrected chi connectivity index (χ4v) is 10.1. The number of nitriles is 1. The molecule has 0 saturated heterocycles. The molecular weight excluding hydrogens is 793 g/mol. The van der Waals surface area contributed by atoms with E-state index in [1.165, 1.54) is 22.2 Å². The summed E-state index contributed by atoms with van der Waals surface area (Å²) in [5.74, 6) is 0.979. The zero-order valence-corrected chi connectivity index (χ0v) is 35.6. The van der Waals surface area contributed by atoms with Gasteiger partial charge in [0, 0.05) is 73.5 Å². The Morgan fingerprint density at radius 1 is 0.508 bits per heavy atom. The number of fused-ring (bicyclic) bond motifs is 6. The van der Waals surface area contributed by atoms with E-state index in [1.54, 1.807) is 0 Å². The summed E-state index contributed by atoms with van der Waals surface area (Å²) in [5, 5.41) is 13.3. The van der Waals surface area contributed by atoms with Crippen molar-refractivity contribution in [2.45, 2.75) is 19.3 Å². The molecule has 0 aliphatic heterocycles. The minimum absolute atomic E-state index is 0.170. The van der Waals surface area contributed by atoms with E-state index in [1.807, 2.05) is 55.0 Å². The Morgan fingerprint density at radius 2 is 1.11 bits per heavy atom. The number of rotatable bonds is 7. The van der Waals surface area contributed by atoms with Gasteiger partial charge in [-0.3, -0.25) is 14.5 Å². The Hall–Kier alpha value is -8.66. The van der Waals surface area contributed by atoms with Crippen LogP contribution in [0.5, 0.6) is 0 Å². The largest absolute Gasteiger partial charge is 0.311 e. The van der Waals surface area contributed by atoms with E-state index in [0.717, 1.165) is 95.6 Å². The number of hydrogen-bond acceptors (Lipinski definition) is 4. The molecule has 5 heterocycles. The number of nitrogens with zero attached hydrogens (tertiary/aromatic N) is 6. The van der Waals surface area contributed by atoms with Gasteiger partial charge in [0.2, 0.25) is 0 Å². The number of aromatic nitrogens is 5. The topological polar surface area (TPSA) is 72.3 Å².